The molecule has 0 aliphatic carbocycles. The minimum Gasteiger partial charge on any atom is -0.354 e. The number of carbonyl (C=O) groups excluding carboxylic acids is 2. The Kier molecular flexibility index (Phi) is 4.38. The monoisotopic (exact) mass is 354 g/mol. The zero-order valence-electron chi connectivity index (χ0n) is 14.2. The average molecular weight is 354 g/mol. The molecule has 2 aliphatic heterocycles. The molecule has 0 radical (unpaired) electrons. The van der Waals surface area contributed by atoms with Gasteiger partial charge in [-0.15, -0.1) is 0 Å². The Labute approximate surface area is 150 Å². The molecule has 1 atom stereocenters. The summed E-state index contributed by atoms with van der Waals surface area (Å²) in [6.07, 6.45) is 1.85. The van der Waals surface area contributed by atoms with E-state index in [1.165, 1.54) is 18.2 Å². The molecule has 134 valence electrons. The number of hydrogen-bond acceptors (Lipinski definition) is 5. The maximum atomic E-state index is 14.0. The summed E-state index contributed by atoms with van der Waals surface area (Å²) in [5.41, 5.74) is 0.0390. The van der Waals surface area contributed by atoms with Gasteiger partial charge in [-0.2, -0.15) is 0 Å². The molecule has 26 heavy (non-hydrogen) atoms. The molecule has 2 aromatic rings. The molecule has 2 saturated heterocycles. The second-order valence-corrected chi connectivity index (χ2v) is 6.45. The molecule has 0 bridgehead atoms. The smallest absolute Gasteiger partial charge is 0.251 e. The third kappa shape index (κ3) is 2.94. The zero-order chi connectivity index (χ0) is 18.1. The summed E-state index contributed by atoms with van der Waals surface area (Å²) in [4.78, 5) is 34.7. The van der Waals surface area contributed by atoms with E-state index in [2.05, 4.69) is 9.88 Å². The van der Waals surface area contributed by atoms with Crippen LogP contribution in [0, 0.1) is 5.82 Å². The topological polar surface area (TPSA) is 56.8 Å². The number of para-hydroxylation sites is 1. The molecule has 7 heteroatoms. The lowest BCUT2D eigenvalue weighted by Gasteiger charge is -2.37. The first-order chi connectivity index (χ1) is 12.6. The molecular formula is C19H19FN4O2. The normalized spacial score (nSPS) is 21.5. The summed E-state index contributed by atoms with van der Waals surface area (Å²) in [5.74, 6) is -0.340. The van der Waals surface area contributed by atoms with Gasteiger partial charge in [-0.05, 0) is 24.3 Å². The molecule has 1 aromatic carbocycles. The molecule has 0 spiro atoms. The van der Waals surface area contributed by atoms with Crippen LogP contribution >= 0.6 is 0 Å². The lowest BCUT2D eigenvalue weighted by atomic mass is 10.1. The fourth-order valence-electron chi connectivity index (χ4n) is 3.59. The minimum atomic E-state index is -0.560. The summed E-state index contributed by atoms with van der Waals surface area (Å²) in [7, 11) is 0. The summed E-state index contributed by atoms with van der Waals surface area (Å²) in [5, 5.41) is 0. The quantitative estimate of drug-likeness (QED) is 0.785. The fraction of sp³-hybridized carbons (Fsp3) is 0.316. The largest absolute Gasteiger partial charge is 0.354 e. The van der Waals surface area contributed by atoms with Crippen LogP contribution in [-0.2, 0) is 9.59 Å². The standard InChI is InChI=1S/C19H19FN4O2/c20-14-5-1-2-6-15(14)24-18(25)13-16(19(24)26)22-9-11-23(12-10-22)17-7-3-4-8-21-17/h1-8,16H,9-13H2/t16-/m0/s1. The van der Waals surface area contributed by atoms with E-state index in [0.29, 0.717) is 13.1 Å². The summed E-state index contributed by atoms with van der Waals surface area (Å²) in [6, 6.07) is 11.1. The number of benzene rings is 1. The van der Waals surface area contributed by atoms with Crippen LogP contribution in [0.2, 0.25) is 0 Å². The van der Waals surface area contributed by atoms with E-state index in [-0.39, 0.29) is 23.9 Å². The number of rotatable bonds is 3. The van der Waals surface area contributed by atoms with Crippen molar-refractivity contribution in [3.63, 3.8) is 0 Å². The highest BCUT2D eigenvalue weighted by Crippen LogP contribution is 2.28. The number of nitrogens with zero attached hydrogens (tertiary/aromatic N) is 4. The Hall–Kier alpha value is -2.80. The third-order valence-corrected chi connectivity index (χ3v) is 4.94. The van der Waals surface area contributed by atoms with Crippen LogP contribution in [0.4, 0.5) is 15.9 Å². The second kappa shape index (κ2) is 6.84. The van der Waals surface area contributed by atoms with Crippen molar-refractivity contribution in [1.82, 2.24) is 9.88 Å². The van der Waals surface area contributed by atoms with E-state index in [1.807, 2.05) is 23.1 Å². The van der Waals surface area contributed by atoms with Crippen LogP contribution in [0.15, 0.2) is 48.7 Å². The van der Waals surface area contributed by atoms with Gasteiger partial charge in [-0.1, -0.05) is 18.2 Å². The van der Waals surface area contributed by atoms with Crippen LogP contribution in [0.3, 0.4) is 0 Å². The Morgan fingerprint density at radius 1 is 0.962 bits per heavy atom. The Morgan fingerprint density at radius 2 is 1.69 bits per heavy atom. The predicted octanol–water partition coefficient (Wildman–Crippen LogP) is 1.67. The molecule has 0 unspecified atom stereocenters. The summed E-state index contributed by atoms with van der Waals surface area (Å²) in [6.45, 7) is 2.78. The van der Waals surface area contributed by atoms with Crippen molar-refractivity contribution >= 4 is 23.3 Å². The van der Waals surface area contributed by atoms with Crippen molar-refractivity contribution in [3.8, 4) is 0 Å². The van der Waals surface area contributed by atoms with Crippen LogP contribution in [-0.4, -0.2) is 53.9 Å². The molecular weight excluding hydrogens is 335 g/mol. The van der Waals surface area contributed by atoms with E-state index < -0.39 is 11.9 Å². The number of carbonyl (C=O) groups is 2. The number of imide groups is 1. The first-order valence-corrected chi connectivity index (χ1v) is 8.66. The minimum absolute atomic E-state index is 0.0390. The maximum Gasteiger partial charge on any atom is 0.251 e. The van der Waals surface area contributed by atoms with Crippen molar-refractivity contribution in [2.24, 2.45) is 0 Å². The van der Waals surface area contributed by atoms with Crippen LogP contribution < -0.4 is 9.80 Å². The van der Waals surface area contributed by atoms with Crippen molar-refractivity contribution in [3.05, 3.63) is 54.5 Å². The number of pyridine rings is 1. The molecule has 2 amide bonds. The van der Waals surface area contributed by atoms with E-state index >= 15 is 0 Å². The predicted molar refractivity (Wildman–Crippen MR) is 95.3 cm³/mol. The van der Waals surface area contributed by atoms with Crippen molar-refractivity contribution in [1.29, 1.82) is 0 Å². The molecule has 2 aliphatic rings. The highest BCUT2D eigenvalue weighted by molar-refractivity contribution is 6.22. The molecule has 3 heterocycles. The first-order valence-electron chi connectivity index (χ1n) is 8.66. The number of anilines is 2. The fourth-order valence-corrected chi connectivity index (χ4v) is 3.59. The highest BCUT2D eigenvalue weighted by atomic mass is 19.1. The SMILES string of the molecule is O=C1C[C@H](N2CCN(c3ccccn3)CC2)C(=O)N1c1ccccc1F. The lowest BCUT2D eigenvalue weighted by molar-refractivity contribution is -0.123. The number of amides is 2. The van der Waals surface area contributed by atoms with Crippen LogP contribution in [0.1, 0.15) is 6.42 Å². The van der Waals surface area contributed by atoms with Gasteiger partial charge >= 0.3 is 0 Å². The average Bonchev–Trinajstić information content (AvgIpc) is 2.97. The van der Waals surface area contributed by atoms with Crippen molar-refractivity contribution < 1.29 is 14.0 Å². The molecule has 6 nitrogen and oxygen atoms in total. The maximum absolute atomic E-state index is 14.0. The van der Waals surface area contributed by atoms with Gasteiger partial charge in [0.25, 0.3) is 5.91 Å². The van der Waals surface area contributed by atoms with Gasteiger partial charge in [0.15, 0.2) is 0 Å². The van der Waals surface area contributed by atoms with Gasteiger partial charge in [0.2, 0.25) is 5.91 Å². The van der Waals surface area contributed by atoms with Crippen molar-refractivity contribution in [2.45, 2.75) is 12.5 Å². The molecule has 1 aromatic heterocycles. The number of piperazine rings is 1. The van der Waals surface area contributed by atoms with E-state index in [1.54, 1.807) is 12.3 Å². The number of aromatic nitrogens is 1. The van der Waals surface area contributed by atoms with E-state index in [9.17, 15) is 14.0 Å². The molecule has 0 saturated carbocycles. The van der Waals surface area contributed by atoms with E-state index in [0.717, 1.165) is 23.8 Å². The number of halogens is 1. The lowest BCUT2D eigenvalue weighted by Crippen LogP contribution is -2.52. The second-order valence-electron chi connectivity index (χ2n) is 6.45. The van der Waals surface area contributed by atoms with E-state index in [4.69, 9.17) is 0 Å². The summed E-state index contributed by atoms with van der Waals surface area (Å²) >= 11 is 0. The molecule has 4 rings (SSSR count). The van der Waals surface area contributed by atoms with Gasteiger partial charge in [-0.3, -0.25) is 14.5 Å². The molecule has 0 N–H and O–H groups in total. The van der Waals surface area contributed by atoms with Gasteiger partial charge in [-0.25, -0.2) is 14.3 Å². The van der Waals surface area contributed by atoms with Gasteiger partial charge in [0, 0.05) is 32.4 Å². The Bertz CT molecular complexity index is 821. The molecule has 2 fully saturated rings. The van der Waals surface area contributed by atoms with Gasteiger partial charge < -0.3 is 4.90 Å². The number of hydrogen-bond donors (Lipinski definition) is 0. The zero-order valence-corrected chi connectivity index (χ0v) is 14.2. The van der Waals surface area contributed by atoms with Gasteiger partial charge in [0.05, 0.1) is 18.2 Å². The highest BCUT2D eigenvalue weighted by Gasteiger charge is 2.44. The Morgan fingerprint density at radius 3 is 2.38 bits per heavy atom. The van der Waals surface area contributed by atoms with Crippen molar-refractivity contribution in [2.75, 3.05) is 36.0 Å². The van der Waals surface area contributed by atoms with Crippen LogP contribution in [0.5, 0.6) is 0 Å². The first kappa shape index (κ1) is 16.7. The van der Waals surface area contributed by atoms with Crippen LogP contribution in [0.25, 0.3) is 0 Å². The van der Waals surface area contributed by atoms with Gasteiger partial charge in [0.1, 0.15) is 11.6 Å². The third-order valence-electron chi connectivity index (χ3n) is 4.94. The summed E-state index contributed by atoms with van der Waals surface area (Å²) < 4.78 is 14.0. The Balaban J connectivity index is 1.46.